The molecule has 0 fully saturated rings. The van der Waals surface area contributed by atoms with Crippen LogP contribution in [-0.4, -0.2) is 35.5 Å². The lowest BCUT2D eigenvalue weighted by Crippen LogP contribution is -2.32. The number of aliphatic hydroxyl groups excluding tert-OH is 1. The second kappa shape index (κ2) is 8.88. The number of methoxy groups -OCH3 is 1. The van der Waals surface area contributed by atoms with Gasteiger partial charge in [-0.15, -0.1) is 0 Å². The summed E-state index contributed by atoms with van der Waals surface area (Å²) in [5.74, 6) is -1.05. The molecule has 0 aliphatic carbocycles. The number of benzene rings is 3. The third-order valence-electron chi connectivity index (χ3n) is 5.52. The highest BCUT2D eigenvalue weighted by molar-refractivity contribution is 6.05. The first-order chi connectivity index (χ1) is 15.1. The molecule has 0 saturated heterocycles. The molecule has 3 aromatic carbocycles. The number of hydrogen-bond acceptors (Lipinski definition) is 4. The number of aliphatic hydroxyl groups is 1. The summed E-state index contributed by atoms with van der Waals surface area (Å²) in [6.45, 7) is 0.451. The van der Waals surface area contributed by atoms with Crippen molar-refractivity contribution in [3.05, 3.63) is 113 Å². The first-order valence-corrected chi connectivity index (χ1v) is 10.1. The minimum Gasteiger partial charge on any atom is -0.503 e. The van der Waals surface area contributed by atoms with Gasteiger partial charge in [0.15, 0.2) is 5.76 Å². The molecule has 31 heavy (non-hydrogen) atoms. The van der Waals surface area contributed by atoms with Crippen molar-refractivity contribution in [2.45, 2.75) is 12.5 Å². The summed E-state index contributed by atoms with van der Waals surface area (Å²) in [5, 5.41) is 10.8. The van der Waals surface area contributed by atoms with Crippen LogP contribution in [0.4, 0.5) is 0 Å². The Hall–Kier alpha value is -3.86. The molecule has 1 aliphatic rings. The molecule has 5 nitrogen and oxygen atoms in total. The molecule has 0 bridgehead atoms. The summed E-state index contributed by atoms with van der Waals surface area (Å²) in [6, 6.07) is 25.9. The Morgan fingerprint density at radius 3 is 2.16 bits per heavy atom. The van der Waals surface area contributed by atoms with E-state index in [1.807, 2.05) is 60.7 Å². The summed E-state index contributed by atoms with van der Waals surface area (Å²) in [6.07, 6.45) is 0.665. The Morgan fingerprint density at radius 2 is 1.55 bits per heavy atom. The third kappa shape index (κ3) is 4.08. The number of carbonyl (C=O) groups is 2. The van der Waals surface area contributed by atoms with E-state index >= 15 is 0 Å². The first-order valence-electron chi connectivity index (χ1n) is 10.1. The molecular formula is C26H23NO4. The van der Waals surface area contributed by atoms with Gasteiger partial charge >= 0.3 is 5.97 Å². The van der Waals surface area contributed by atoms with Crippen LogP contribution in [0.3, 0.4) is 0 Å². The molecule has 1 N–H and O–H groups in total. The van der Waals surface area contributed by atoms with Crippen LogP contribution >= 0.6 is 0 Å². The minimum absolute atomic E-state index is 0.235. The van der Waals surface area contributed by atoms with E-state index < -0.39 is 17.9 Å². The molecule has 3 aromatic rings. The van der Waals surface area contributed by atoms with Gasteiger partial charge in [-0.05, 0) is 35.2 Å². The Labute approximate surface area is 181 Å². The maximum atomic E-state index is 13.1. The van der Waals surface area contributed by atoms with Crippen LogP contribution in [0.5, 0.6) is 0 Å². The quantitative estimate of drug-likeness (QED) is 0.601. The van der Waals surface area contributed by atoms with Gasteiger partial charge in [-0.25, -0.2) is 4.79 Å². The third-order valence-corrected chi connectivity index (χ3v) is 5.52. The lowest BCUT2D eigenvalue weighted by molar-refractivity contribution is -0.129. The van der Waals surface area contributed by atoms with E-state index in [9.17, 15) is 14.7 Å². The van der Waals surface area contributed by atoms with Gasteiger partial charge < -0.3 is 14.7 Å². The monoisotopic (exact) mass is 413 g/mol. The Bertz CT molecular complexity index is 1110. The largest absolute Gasteiger partial charge is 0.503 e. The SMILES string of the molecule is COC(=O)c1ccc([C@@H]2C(c3ccccc3)=C(O)C(=O)N2CCc2ccccc2)cc1. The topological polar surface area (TPSA) is 66.8 Å². The number of esters is 1. The fourth-order valence-corrected chi connectivity index (χ4v) is 3.96. The van der Waals surface area contributed by atoms with Gasteiger partial charge in [0, 0.05) is 12.1 Å². The highest BCUT2D eigenvalue weighted by Gasteiger charge is 2.40. The van der Waals surface area contributed by atoms with E-state index in [1.54, 1.807) is 29.2 Å². The molecule has 5 heteroatoms. The number of carbonyl (C=O) groups excluding carboxylic acids is 2. The van der Waals surface area contributed by atoms with Gasteiger partial charge in [-0.2, -0.15) is 0 Å². The highest BCUT2D eigenvalue weighted by atomic mass is 16.5. The highest BCUT2D eigenvalue weighted by Crippen LogP contribution is 2.43. The second-order valence-corrected chi connectivity index (χ2v) is 7.38. The summed E-state index contributed by atoms with van der Waals surface area (Å²) < 4.78 is 4.78. The average Bonchev–Trinajstić information content (AvgIpc) is 3.08. The van der Waals surface area contributed by atoms with E-state index in [0.29, 0.717) is 24.1 Å². The molecule has 0 aromatic heterocycles. The fourth-order valence-electron chi connectivity index (χ4n) is 3.96. The van der Waals surface area contributed by atoms with Crippen molar-refractivity contribution in [1.82, 2.24) is 4.90 Å². The Morgan fingerprint density at radius 1 is 0.935 bits per heavy atom. The first kappa shape index (κ1) is 20.4. The zero-order chi connectivity index (χ0) is 21.8. The van der Waals surface area contributed by atoms with Crippen molar-refractivity contribution in [2.75, 3.05) is 13.7 Å². The predicted molar refractivity (Wildman–Crippen MR) is 118 cm³/mol. The van der Waals surface area contributed by atoms with Crippen molar-refractivity contribution >= 4 is 17.4 Å². The van der Waals surface area contributed by atoms with Crippen molar-refractivity contribution in [3.63, 3.8) is 0 Å². The van der Waals surface area contributed by atoms with E-state index in [4.69, 9.17) is 4.74 Å². The number of nitrogens with zero attached hydrogens (tertiary/aromatic N) is 1. The normalized spacial score (nSPS) is 16.0. The second-order valence-electron chi connectivity index (χ2n) is 7.38. The number of rotatable bonds is 6. The number of amides is 1. The van der Waals surface area contributed by atoms with Crippen LogP contribution in [0.25, 0.3) is 5.57 Å². The molecule has 1 aliphatic heterocycles. The van der Waals surface area contributed by atoms with Gasteiger partial charge in [0.05, 0.1) is 18.7 Å². The Kier molecular flexibility index (Phi) is 5.85. The molecule has 156 valence electrons. The van der Waals surface area contributed by atoms with Gasteiger partial charge in [0.1, 0.15) is 0 Å². The summed E-state index contributed by atoms with van der Waals surface area (Å²) in [5.41, 5.74) is 3.72. The molecule has 0 saturated carbocycles. The standard InChI is InChI=1S/C26H23NO4/c1-31-26(30)21-14-12-20(13-15-21)23-22(19-10-6-3-7-11-19)24(28)25(29)27(23)17-16-18-8-4-2-5-9-18/h2-15,23,28H,16-17H2,1H3/t23-/m1/s1. The van der Waals surface area contributed by atoms with Gasteiger partial charge in [0.25, 0.3) is 5.91 Å². The molecule has 0 radical (unpaired) electrons. The van der Waals surface area contributed by atoms with Crippen LogP contribution in [-0.2, 0) is 16.0 Å². The van der Waals surface area contributed by atoms with Crippen LogP contribution in [0.2, 0.25) is 0 Å². The average molecular weight is 413 g/mol. The van der Waals surface area contributed by atoms with Crippen molar-refractivity contribution < 1.29 is 19.4 Å². The van der Waals surface area contributed by atoms with E-state index in [0.717, 1.165) is 16.7 Å². The summed E-state index contributed by atoms with van der Waals surface area (Å²) in [4.78, 5) is 26.6. The minimum atomic E-state index is -0.453. The van der Waals surface area contributed by atoms with Crippen LogP contribution < -0.4 is 0 Å². The van der Waals surface area contributed by atoms with Crippen LogP contribution in [0, 0.1) is 0 Å². The van der Waals surface area contributed by atoms with Gasteiger partial charge in [-0.3, -0.25) is 4.79 Å². The molecule has 1 atom stereocenters. The molecule has 1 heterocycles. The zero-order valence-corrected chi connectivity index (χ0v) is 17.2. The molecule has 0 spiro atoms. The fraction of sp³-hybridized carbons (Fsp3) is 0.154. The molecule has 4 rings (SSSR count). The van der Waals surface area contributed by atoms with E-state index in [-0.39, 0.29) is 5.76 Å². The van der Waals surface area contributed by atoms with E-state index in [2.05, 4.69) is 0 Å². The number of hydrogen-bond donors (Lipinski definition) is 1. The molecule has 0 unspecified atom stereocenters. The predicted octanol–water partition coefficient (Wildman–Crippen LogP) is 4.57. The lowest BCUT2D eigenvalue weighted by atomic mass is 9.93. The maximum absolute atomic E-state index is 13.1. The van der Waals surface area contributed by atoms with Gasteiger partial charge in [0.2, 0.25) is 0 Å². The summed E-state index contributed by atoms with van der Waals surface area (Å²) in [7, 11) is 1.34. The van der Waals surface area contributed by atoms with Crippen molar-refractivity contribution in [2.24, 2.45) is 0 Å². The van der Waals surface area contributed by atoms with E-state index in [1.165, 1.54) is 7.11 Å². The molecule has 1 amide bonds. The number of ether oxygens (including phenoxy) is 1. The lowest BCUT2D eigenvalue weighted by Gasteiger charge is -2.27. The zero-order valence-electron chi connectivity index (χ0n) is 17.2. The van der Waals surface area contributed by atoms with Crippen molar-refractivity contribution in [3.8, 4) is 0 Å². The molecular weight excluding hydrogens is 390 g/mol. The van der Waals surface area contributed by atoms with Crippen molar-refractivity contribution in [1.29, 1.82) is 0 Å². The van der Waals surface area contributed by atoms with Crippen LogP contribution in [0.1, 0.15) is 33.1 Å². The van der Waals surface area contributed by atoms with Gasteiger partial charge in [-0.1, -0.05) is 72.8 Å². The maximum Gasteiger partial charge on any atom is 0.337 e. The van der Waals surface area contributed by atoms with Crippen LogP contribution in [0.15, 0.2) is 90.7 Å². The summed E-state index contributed by atoms with van der Waals surface area (Å²) >= 11 is 0. The Balaban J connectivity index is 1.72. The smallest absolute Gasteiger partial charge is 0.337 e.